The van der Waals surface area contributed by atoms with E-state index in [2.05, 4.69) is 5.32 Å². The van der Waals surface area contributed by atoms with Crippen molar-refractivity contribution in [2.45, 2.75) is 42.7 Å². The van der Waals surface area contributed by atoms with E-state index in [4.69, 9.17) is 25.8 Å². The molecule has 1 spiro atoms. The molecule has 3 aromatic rings. The number of benzene rings is 3. The number of methoxy groups -OCH3 is 1. The van der Waals surface area contributed by atoms with Crippen LogP contribution in [-0.2, 0) is 26.5 Å². The van der Waals surface area contributed by atoms with E-state index in [9.17, 15) is 22.8 Å². The Bertz CT molecular complexity index is 1430. The van der Waals surface area contributed by atoms with Crippen LogP contribution >= 0.6 is 11.6 Å². The highest BCUT2D eigenvalue weighted by atomic mass is 35.5. The molecule has 0 aromatic heterocycles. The summed E-state index contributed by atoms with van der Waals surface area (Å²) in [6.45, 7) is 0.396. The van der Waals surface area contributed by atoms with Gasteiger partial charge < -0.3 is 24.4 Å². The number of nitrogens with zero attached hydrogens (tertiary/aromatic N) is 1. The molecular weight excluding hydrogens is 573 g/mol. The zero-order chi connectivity index (χ0) is 30.0. The third-order valence-electron chi connectivity index (χ3n) is 8.05. The van der Waals surface area contributed by atoms with Crippen molar-refractivity contribution in [2.75, 3.05) is 26.7 Å². The number of ether oxygens (including phenoxy) is 3. The summed E-state index contributed by atoms with van der Waals surface area (Å²) in [5.41, 5.74) is -2.94. The fourth-order valence-corrected chi connectivity index (χ4v) is 6.08. The normalized spacial score (nSPS) is 19.9. The highest BCUT2D eigenvalue weighted by Crippen LogP contribution is 2.48. The number of para-hydroxylation sites is 1. The summed E-state index contributed by atoms with van der Waals surface area (Å²) in [7, 11) is 0.856. The van der Waals surface area contributed by atoms with E-state index in [-0.39, 0.29) is 43.4 Å². The molecule has 1 N–H and O–H groups in total. The number of alkyl carbamates (subject to hydrolysis) is 1. The van der Waals surface area contributed by atoms with Crippen LogP contribution in [0, 0.1) is 0 Å². The first-order chi connectivity index (χ1) is 20.1. The molecule has 0 aliphatic carbocycles. The van der Waals surface area contributed by atoms with Gasteiger partial charge >= 0.3 is 12.3 Å². The molecule has 2 atom stereocenters. The molecule has 2 aliphatic rings. The van der Waals surface area contributed by atoms with Crippen LogP contribution in [0.4, 0.5) is 18.0 Å². The Kier molecular flexibility index (Phi) is 8.39. The van der Waals surface area contributed by atoms with Crippen LogP contribution in [-0.4, -0.2) is 55.4 Å². The lowest BCUT2D eigenvalue weighted by molar-refractivity contribution is -0.271. The van der Waals surface area contributed by atoms with Crippen molar-refractivity contribution in [1.29, 1.82) is 0 Å². The summed E-state index contributed by atoms with van der Waals surface area (Å²) in [5, 5.41) is 2.78. The molecule has 3 aromatic carbocycles. The highest BCUT2D eigenvalue weighted by Gasteiger charge is 2.64. The Morgan fingerprint density at radius 2 is 1.74 bits per heavy atom. The summed E-state index contributed by atoms with van der Waals surface area (Å²) >= 11 is 5.99. The fourth-order valence-electron chi connectivity index (χ4n) is 5.89. The Balaban J connectivity index is 1.41. The predicted molar refractivity (Wildman–Crippen MR) is 149 cm³/mol. The summed E-state index contributed by atoms with van der Waals surface area (Å²) in [6.07, 6.45) is -5.44. The molecule has 2 fully saturated rings. The SMILES string of the molecule is CO[C@@](C(=O)N1CCC2(CC1)OC(=O)NC[C@H]2c1ccccc1OCc1ccccc1)(c1cccc(Cl)c1)C(F)(F)F. The van der Waals surface area contributed by atoms with Crippen molar-refractivity contribution in [3.05, 3.63) is 101 Å². The molecule has 0 radical (unpaired) electrons. The van der Waals surface area contributed by atoms with Crippen molar-refractivity contribution < 1.29 is 37.0 Å². The lowest BCUT2D eigenvalue weighted by atomic mass is 9.74. The fraction of sp³-hybridized carbons (Fsp3) is 0.355. The number of carbonyl (C=O) groups excluding carboxylic acids is 2. The summed E-state index contributed by atoms with van der Waals surface area (Å²) < 4.78 is 60.9. The second-order valence-electron chi connectivity index (χ2n) is 10.4. The number of hydrogen-bond donors (Lipinski definition) is 1. The van der Waals surface area contributed by atoms with E-state index in [0.717, 1.165) is 29.2 Å². The maximum absolute atomic E-state index is 14.6. The molecule has 2 amide bonds. The summed E-state index contributed by atoms with van der Waals surface area (Å²) in [6, 6.07) is 22.1. The molecule has 11 heteroatoms. The molecule has 5 rings (SSSR count). The van der Waals surface area contributed by atoms with Gasteiger partial charge in [-0.15, -0.1) is 0 Å². The van der Waals surface area contributed by atoms with Crippen molar-refractivity contribution in [3.8, 4) is 5.75 Å². The van der Waals surface area contributed by atoms with Gasteiger partial charge in [-0.25, -0.2) is 4.79 Å². The molecule has 7 nitrogen and oxygen atoms in total. The largest absolute Gasteiger partial charge is 0.489 e. The van der Waals surface area contributed by atoms with E-state index < -0.39 is 34.9 Å². The molecule has 222 valence electrons. The number of carbonyl (C=O) groups is 2. The second-order valence-corrected chi connectivity index (χ2v) is 10.8. The Hall–Kier alpha value is -3.76. The number of rotatable bonds is 7. The van der Waals surface area contributed by atoms with Crippen LogP contribution in [0.25, 0.3) is 0 Å². The Labute approximate surface area is 246 Å². The zero-order valence-electron chi connectivity index (χ0n) is 22.8. The maximum atomic E-state index is 14.6. The van der Waals surface area contributed by atoms with Gasteiger partial charge in [0.05, 0.1) is 0 Å². The first-order valence-corrected chi connectivity index (χ1v) is 13.9. The molecule has 42 heavy (non-hydrogen) atoms. The van der Waals surface area contributed by atoms with Gasteiger partial charge in [0, 0.05) is 61.7 Å². The quantitative estimate of drug-likeness (QED) is 0.348. The van der Waals surface area contributed by atoms with Crippen molar-refractivity contribution in [1.82, 2.24) is 10.2 Å². The molecule has 2 heterocycles. The number of nitrogens with one attached hydrogen (secondary N) is 1. The molecule has 2 aliphatic heterocycles. The van der Waals surface area contributed by atoms with Crippen LogP contribution in [0.2, 0.25) is 5.02 Å². The number of halogens is 4. The Morgan fingerprint density at radius 1 is 1.05 bits per heavy atom. The predicted octanol–water partition coefficient (Wildman–Crippen LogP) is 6.21. The van der Waals surface area contributed by atoms with Crippen LogP contribution in [0.5, 0.6) is 5.75 Å². The van der Waals surface area contributed by atoms with Gasteiger partial charge in [0.15, 0.2) is 0 Å². The van der Waals surface area contributed by atoms with Gasteiger partial charge in [0.25, 0.3) is 11.5 Å². The van der Waals surface area contributed by atoms with Crippen molar-refractivity contribution in [3.63, 3.8) is 0 Å². The maximum Gasteiger partial charge on any atom is 0.430 e. The van der Waals surface area contributed by atoms with E-state index in [0.29, 0.717) is 12.4 Å². The molecular formula is C31H30ClF3N2O5. The number of likely N-dealkylation sites (tertiary alicyclic amines) is 1. The third-order valence-corrected chi connectivity index (χ3v) is 8.28. The topological polar surface area (TPSA) is 77.1 Å². The van der Waals surface area contributed by atoms with Crippen LogP contribution in [0.3, 0.4) is 0 Å². The minimum Gasteiger partial charge on any atom is -0.489 e. The smallest absolute Gasteiger partial charge is 0.430 e. The Morgan fingerprint density at radius 3 is 2.40 bits per heavy atom. The number of piperidine rings is 1. The van der Waals surface area contributed by atoms with Gasteiger partial charge in [-0.05, 0) is 23.8 Å². The minimum absolute atomic E-state index is 0.0428. The van der Waals surface area contributed by atoms with Gasteiger partial charge in [-0.1, -0.05) is 72.3 Å². The third kappa shape index (κ3) is 5.53. The molecule has 0 saturated carbocycles. The summed E-state index contributed by atoms with van der Waals surface area (Å²) in [4.78, 5) is 27.2. The lowest BCUT2D eigenvalue weighted by Gasteiger charge is -2.49. The molecule has 0 unspecified atom stereocenters. The number of hydrogen-bond acceptors (Lipinski definition) is 5. The average molecular weight is 603 g/mol. The average Bonchev–Trinajstić information content (AvgIpc) is 2.97. The standard InChI is InChI=1S/C31H30ClF3N2O5/c1-40-30(31(33,34)35,22-10-7-11-23(32)18-22)27(38)37-16-14-29(15-17-37)25(19-36-28(39)42-29)24-12-5-6-13-26(24)41-20-21-8-3-2-4-9-21/h2-13,18,25H,14-17,19-20H2,1H3,(H,36,39)/t25-,30+/m0/s1. The molecule has 0 bridgehead atoms. The first-order valence-electron chi connectivity index (χ1n) is 13.5. The van der Waals surface area contributed by atoms with E-state index in [1.165, 1.54) is 18.2 Å². The van der Waals surface area contributed by atoms with Crippen LogP contribution < -0.4 is 10.1 Å². The zero-order valence-corrected chi connectivity index (χ0v) is 23.6. The number of amides is 2. The van der Waals surface area contributed by atoms with E-state index in [1.807, 2.05) is 54.6 Å². The van der Waals surface area contributed by atoms with Gasteiger partial charge in [-0.3, -0.25) is 4.79 Å². The van der Waals surface area contributed by atoms with Crippen molar-refractivity contribution in [2.24, 2.45) is 0 Å². The first kappa shape index (κ1) is 29.7. The minimum atomic E-state index is -5.07. The highest BCUT2D eigenvalue weighted by molar-refractivity contribution is 6.30. The van der Waals surface area contributed by atoms with E-state index >= 15 is 0 Å². The van der Waals surface area contributed by atoms with Gasteiger partial charge in [0.1, 0.15) is 18.0 Å². The van der Waals surface area contributed by atoms with Gasteiger partial charge in [-0.2, -0.15) is 13.2 Å². The van der Waals surface area contributed by atoms with Gasteiger partial charge in [0.2, 0.25) is 0 Å². The van der Waals surface area contributed by atoms with Crippen LogP contribution in [0.1, 0.15) is 35.4 Å². The van der Waals surface area contributed by atoms with E-state index in [1.54, 1.807) is 0 Å². The summed E-state index contributed by atoms with van der Waals surface area (Å²) in [5.74, 6) is -1.01. The monoisotopic (exact) mass is 602 g/mol. The van der Waals surface area contributed by atoms with Crippen LogP contribution in [0.15, 0.2) is 78.9 Å². The lowest BCUT2D eigenvalue weighted by Crippen LogP contribution is -2.62. The number of alkyl halides is 3. The molecule has 2 saturated heterocycles. The second kappa shape index (κ2) is 11.9. The van der Waals surface area contributed by atoms with Crippen molar-refractivity contribution >= 4 is 23.6 Å².